The molecule has 0 unspecified atom stereocenters. The number of ether oxygens (including phenoxy) is 1. The molecule has 0 bridgehead atoms. The Morgan fingerprint density at radius 1 is 1.25 bits per heavy atom. The van der Waals surface area contributed by atoms with Crippen LogP contribution in [0.2, 0.25) is 0 Å². The van der Waals surface area contributed by atoms with Crippen molar-refractivity contribution >= 4 is 5.97 Å². The van der Waals surface area contributed by atoms with Crippen LogP contribution >= 0.6 is 0 Å². The Kier molecular flexibility index (Phi) is 7.69. The van der Waals surface area contributed by atoms with Crippen molar-refractivity contribution in [2.75, 3.05) is 33.4 Å². The highest BCUT2D eigenvalue weighted by atomic mass is 16.5. The van der Waals surface area contributed by atoms with Crippen LogP contribution in [0.25, 0.3) is 0 Å². The Hall–Kier alpha value is -1.59. The molecule has 0 saturated carbocycles. The van der Waals surface area contributed by atoms with E-state index in [1.165, 1.54) is 6.07 Å². The van der Waals surface area contributed by atoms with Crippen molar-refractivity contribution in [3.8, 4) is 5.75 Å². The molecule has 0 atom stereocenters. The summed E-state index contributed by atoms with van der Waals surface area (Å²) in [5.41, 5.74) is 0.236. The smallest absolute Gasteiger partial charge is 0.335 e. The van der Waals surface area contributed by atoms with Gasteiger partial charge in [-0.1, -0.05) is 6.07 Å². The van der Waals surface area contributed by atoms with Crippen LogP contribution < -0.4 is 4.74 Å². The molecule has 20 heavy (non-hydrogen) atoms. The Morgan fingerprint density at radius 2 is 2.05 bits per heavy atom. The van der Waals surface area contributed by atoms with Crippen molar-refractivity contribution in [3.63, 3.8) is 0 Å². The Labute approximate surface area is 119 Å². The quantitative estimate of drug-likeness (QED) is 0.641. The first-order chi connectivity index (χ1) is 9.63. The molecule has 112 valence electrons. The summed E-state index contributed by atoms with van der Waals surface area (Å²) in [6.45, 7) is 2.54. The molecular formula is C15H23NO4. The van der Waals surface area contributed by atoms with Crippen LogP contribution in [-0.2, 0) is 0 Å². The van der Waals surface area contributed by atoms with E-state index in [1.54, 1.807) is 18.2 Å². The highest BCUT2D eigenvalue weighted by Gasteiger charge is 2.04. The number of aromatic carboxylic acids is 1. The van der Waals surface area contributed by atoms with Gasteiger partial charge in [0.1, 0.15) is 12.4 Å². The van der Waals surface area contributed by atoms with E-state index >= 15 is 0 Å². The number of unbranched alkanes of at least 4 members (excludes halogenated alkanes) is 2. The molecule has 0 aliphatic carbocycles. The molecule has 0 saturated heterocycles. The van der Waals surface area contributed by atoms with E-state index in [-0.39, 0.29) is 12.2 Å². The van der Waals surface area contributed by atoms with Gasteiger partial charge in [0.15, 0.2) is 0 Å². The van der Waals surface area contributed by atoms with Crippen molar-refractivity contribution in [1.82, 2.24) is 4.90 Å². The SMILES string of the molecule is CN(CCCCCO)CCOc1cccc(C(=O)O)c1. The minimum Gasteiger partial charge on any atom is -0.492 e. The van der Waals surface area contributed by atoms with Gasteiger partial charge in [0, 0.05) is 13.2 Å². The van der Waals surface area contributed by atoms with Gasteiger partial charge < -0.3 is 19.8 Å². The topological polar surface area (TPSA) is 70.0 Å². The number of carboxylic acid groups (broad SMARTS) is 1. The summed E-state index contributed by atoms with van der Waals surface area (Å²) in [6, 6.07) is 6.51. The summed E-state index contributed by atoms with van der Waals surface area (Å²) >= 11 is 0. The van der Waals surface area contributed by atoms with Gasteiger partial charge in [-0.3, -0.25) is 0 Å². The van der Waals surface area contributed by atoms with E-state index < -0.39 is 5.97 Å². The van der Waals surface area contributed by atoms with Crippen LogP contribution in [0.5, 0.6) is 5.75 Å². The number of aliphatic hydroxyl groups is 1. The van der Waals surface area contributed by atoms with Gasteiger partial charge in [-0.05, 0) is 51.1 Å². The number of aliphatic hydroxyl groups excluding tert-OH is 1. The normalized spacial score (nSPS) is 10.8. The standard InChI is InChI=1S/C15H23NO4/c1-16(8-3-2-4-10-17)9-11-20-14-7-5-6-13(12-14)15(18)19/h5-7,12,17H,2-4,8-11H2,1H3,(H,18,19). The van der Waals surface area contributed by atoms with Crippen molar-refractivity contribution in [3.05, 3.63) is 29.8 Å². The third-order valence-corrected chi connectivity index (χ3v) is 3.02. The number of benzene rings is 1. The fourth-order valence-corrected chi connectivity index (χ4v) is 1.82. The Morgan fingerprint density at radius 3 is 2.75 bits per heavy atom. The van der Waals surface area contributed by atoms with Crippen LogP contribution in [0.15, 0.2) is 24.3 Å². The number of nitrogens with zero attached hydrogens (tertiary/aromatic N) is 1. The zero-order valence-corrected chi connectivity index (χ0v) is 11.9. The minimum absolute atomic E-state index is 0.236. The number of rotatable bonds is 10. The molecule has 0 aliphatic heterocycles. The lowest BCUT2D eigenvalue weighted by Crippen LogP contribution is -2.25. The average Bonchev–Trinajstić information content (AvgIpc) is 2.44. The zero-order chi connectivity index (χ0) is 14.8. The van der Waals surface area contributed by atoms with Gasteiger partial charge >= 0.3 is 5.97 Å². The molecule has 0 spiro atoms. The fourth-order valence-electron chi connectivity index (χ4n) is 1.82. The first kappa shape index (κ1) is 16.5. The fraction of sp³-hybridized carbons (Fsp3) is 0.533. The molecule has 2 N–H and O–H groups in total. The van der Waals surface area contributed by atoms with E-state index in [4.69, 9.17) is 14.9 Å². The minimum atomic E-state index is -0.948. The van der Waals surface area contributed by atoms with E-state index in [0.29, 0.717) is 12.4 Å². The summed E-state index contributed by atoms with van der Waals surface area (Å²) in [5, 5.41) is 17.6. The number of carboxylic acids is 1. The Bertz CT molecular complexity index is 409. The number of likely N-dealkylation sites (N-methyl/N-ethyl adjacent to an activating group) is 1. The predicted molar refractivity (Wildman–Crippen MR) is 77.3 cm³/mol. The molecule has 0 heterocycles. The lowest BCUT2D eigenvalue weighted by molar-refractivity contribution is 0.0696. The van der Waals surface area contributed by atoms with Crippen LogP contribution in [0.3, 0.4) is 0 Å². The van der Waals surface area contributed by atoms with Crippen molar-refractivity contribution in [2.45, 2.75) is 19.3 Å². The molecule has 5 heteroatoms. The molecular weight excluding hydrogens is 258 g/mol. The van der Waals surface area contributed by atoms with Crippen LogP contribution in [-0.4, -0.2) is 54.4 Å². The van der Waals surface area contributed by atoms with E-state index in [2.05, 4.69) is 4.90 Å². The maximum atomic E-state index is 10.8. The lowest BCUT2D eigenvalue weighted by atomic mass is 10.2. The van der Waals surface area contributed by atoms with Gasteiger partial charge in [0.2, 0.25) is 0 Å². The molecule has 0 aromatic heterocycles. The lowest BCUT2D eigenvalue weighted by Gasteiger charge is -2.16. The second-order valence-electron chi connectivity index (χ2n) is 4.77. The third kappa shape index (κ3) is 6.54. The molecule has 0 aliphatic rings. The average molecular weight is 281 g/mol. The summed E-state index contributed by atoms with van der Waals surface area (Å²) in [6.07, 6.45) is 2.94. The highest BCUT2D eigenvalue weighted by molar-refractivity contribution is 5.87. The van der Waals surface area contributed by atoms with Crippen molar-refractivity contribution in [2.24, 2.45) is 0 Å². The summed E-state index contributed by atoms with van der Waals surface area (Å²) < 4.78 is 5.55. The Balaban J connectivity index is 2.23. The maximum Gasteiger partial charge on any atom is 0.335 e. The summed E-state index contributed by atoms with van der Waals surface area (Å²) in [5.74, 6) is -0.366. The molecule has 0 amide bonds. The molecule has 0 fully saturated rings. The van der Waals surface area contributed by atoms with Gasteiger partial charge in [0.05, 0.1) is 5.56 Å². The predicted octanol–water partition coefficient (Wildman–Crippen LogP) is 1.86. The largest absolute Gasteiger partial charge is 0.492 e. The number of carbonyl (C=O) groups is 1. The third-order valence-electron chi connectivity index (χ3n) is 3.02. The summed E-state index contributed by atoms with van der Waals surface area (Å²) in [7, 11) is 2.02. The van der Waals surface area contributed by atoms with E-state index in [0.717, 1.165) is 32.4 Å². The first-order valence-corrected chi connectivity index (χ1v) is 6.89. The first-order valence-electron chi connectivity index (χ1n) is 6.89. The molecule has 1 aromatic rings. The van der Waals surface area contributed by atoms with Crippen LogP contribution in [0, 0.1) is 0 Å². The number of hydrogen-bond donors (Lipinski definition) is 2. The van der Waals surface area contributed by atoms with Crippen molar-refractivity contribution in [1.29, 1.82) is 0 Å². The second kappa shape index (κ2) is 9.34. The highest BCUT2D eigenvalue weighted by Crippen LogP contribution is 2.13. The molecule has 1 aromatic carbocycles. The van der Waals surface area contributed by atoms with E-state index in [1.807, 2.05) is 7.05 Å². The van der Waals surface area contributed by atoms with E-state index in [9.17, 15) is 4.79 Å². The molecule has 5 nitrogen and oxygen atoms in total. The van der Waals surface area contributed by atoms with Crippen LogP contribution in [0.4, 0.5) is 0 Å². The maximum absolute atomic E-state index is 10.8. The number of hydrogen-bond acceptors (Lipinski definition) is 4. The summed E-state index contributed by atoms with van der Waals surface area (Å²) in [4.78, 5) is 13.0. The van der Waals surface area contributed by atoms with Crippen LogP contribution in [0.1, 0.15) is 29.6 Å². The van der Waals surface area contributed by atoms with Gasteiger partial charge in [0.25, 0.3) is 0 Å². The van der Waals surface area contributed by atoms with Gasteiger partial charge in [-0.2, -0.15) is 0 Å². The molecule has 1 rings (SSSR count). The second-order valence-corrected chi connectivity index (χ2v) is 4.77. The van der Waals surface area contributed by atoms with Gasteiger partial charge in [-0.25, -0.2) is 4.79 Å². The van der Waals surface area contributed by atoms with Crippen molar-refractivity contribution < 1.29 is 19.7 Å². The van der Waals surface area contributed by atoms with Gasteiger partial charge in [-0.15, -0.1) is 0 Å². The zero-order valence-electron chi connectivity index (χ0n) is 11.9. The molecule has 0 radical (unpaired) electrons. The monoisotopic (exact) mass is 281 g/mol.